The number of hydrogen-bond donors (Lipinski definition) is 2. The molecule has 29 heavy (non-hydrogen) atoms. The smallest absolute Gasteiger partial charge is 0.267 e. The van der Waals surface area contributed by atoms with Crippen LogP contribution >= 0.6 is 0 Å². The number of aryl methyl sites for hydroxylation is 1. The number of piperazine rings is 1. The Bertz CT molecular complexity index is 1000. The van der Waals surface area contributed by atoms with Crippen LogP contribution in [0.1, 0.15) is 18.1 Å². The minimum atomic E-state index is -3.65. The van der Waals surface area contributed by atoms with Gasteiger partial charge in [0.25, 0.3) is 5.91 Å². The highest BCUT2D eigenvalue weighted by Gasteiger charge is 2.32. The summed E-state index contributed by atoms with van der Waals surface area (Å²) in [6.07, 6.45) is 2.58. The van der Waals surface area contributed by atoms with Gasteiger partial charge in [-0.05, 0) is 49.8 Å². The molecule has 2 aromatic rings. The standard InChI is InChI=1S/C21H25N3O4S/c1-16-6-9-19(10-7-16)24-13-12-23(15-17(24)2)29(27,28)20-5-3-4-18(14-20)8-11-21(25)22-26/h3-11,14,17,26H,12-13,15H2,1-2H3,(H,22,25)/b11-8+. The van der Waals surface area contributed by atoms with Gasteiger partial charge in [-0.1, -0.05) is 29.8 Å². The SMILES string of the molecule is Cc1ccc(N2CCN(S(=O)(=O)c3cccc(/C=C/C(=O)NO)c3)CC2C)cc1. The number of hydroxylamine groups is 1. The van der Waals surface area contributed by atoms with Crippen LogP contribution in [0.5, 0.6) is 0 Å². The summed E-state index contributed by atoms with van der Waals surface area (Å²) in [5.74, 6) is -0.681. The number of sulfonamides is 1. The lowest BCUT2D eigenvalue weighted by molar-refractivity contribution is -0.124. The monoisotopic (exact) mass is 415 g/mol. The van der Waals surface area contributed by atoms with E-state index in [4.69, 9.17) is 5.21 Å². The molecule has 2 N–H and O–H groups in total. The fourth-order valence-electron chi connectivity index (χ4n) is 3.40. The molecule has 1 heterocycles. The maximum atomic E-state index is 13.1. The molecule has 0 saturated carbocycles. The zero-order valence-electron chi connectivity index (χ0n) is 16.4. The molecule has 1 fully saturated rings. The summed E-state index contributed by atoms with van der Waals surface area (Å²) in [5, 5.41) is 8.55. The Hall–Kier alpha value is -2.68. The molecule has 1 amide bonds. The van der Waals surface area contributed by atoms with Crippen LogP contribution in [-0.4, -0.2) is 49.5 Å². The van der Waals surface area contributed by atoms with Crippen molar-refractivity contribution in [2.45, 2.75) is 24.8 Å². The second-order valence-corrected chi connectivity index (χ2v) is 9.06. The van der Waals surface area contributed by atoms with Gasteiger partial charge in [0.1, 0.15) is 0 Å². The summed E-state index contributed by atoms with van der Waals surface area (Å²) in [5.41, 5.74) is 4.34. The van der Waals surface area contributed by atoms with E-state index in [1.54, 1.807) is 18.2 Å². The van der Waals surface area contributed by atoms with E-state index in [0.29, 0.717) is 25.2 Å². The van der Waals surface area contributed by atoms with Gasteiger partial charge in [-0.25, -0.2) is 13.9 Å². The average Bonchev–Trinajstić information content (AvgIpc) is 2.73. The predicted octanol–water partition coefficient (Wildman–Crippen LogP) is 2.41. The first-order valence-electron chi connectivity index (χ1n) is 9.37. The van der Waals surface area contributed by atoms with Crippen LogP contribution in [-0.2, 0) is 14.8 Å². The molecule has 1 saturated heterocycles. The number of carbonyl (C=O) groups excluding carboxylic acids is 1. The van der Waals surface area contributed by atoms with Gasteiger partial charge in [0.05, 0.1) is 4.90 Å². The van der Waals surface area contributed by atoms with Crippen LogP contribution < -0.4 is 10.4 Å². The van der Waals surface area contributed by atoms with E-state index >= 15 is 0 Å². The van der Waals surface area contributed by atoms with Crippen molar-refractivity contribution in [3.05, 3.63) is 65.7 Å². The minimum absolute atomic E-state index is 0.0394. The van der Waals surface area contributed by atoms with Crippen molar-refractivity contribution >= 4 is 27.7 Å². The Balaban J connectivity index is 1.76. The Morgan fingerprint density at radius 2 is 1.90 bits per heavy atom. The number of benzene rings is 2. The molecule has 0 spiro atoms. The second-order valence-electron chi connectivity index (χ2n) is 7.12. The van der Waals surface area contributed by atoms with E-state index in [-0.39, 0.29) is 10.9 Å². The molecule has 0 aromatic heterocycles. The fraction of sp³-hybridized carbons (Fsp3) is 0.286. The van der Waals surface area contributed by atoms with Crippen molar-refractivity contribution in [2.24, 2.45) is 0 Å². The van der Waals surface area contributed by atoms with Crippen molar-refractivity contribution in [3.8, 4) is 0 Å². The molecular formula is C21H25N3O4S. The summed E-state index contributed by atoms with van der Waals surface area (Å²) in [7, 11) is -3.65. The van der Waals surface area contributed by atoms with E-state index in [0.717, 1.165) is 11.8 Å². The van der Waals surface area contributed by atoms with Crippen molar-refractivity contribution < 1.29 is 18.4 Å². The van der Waals surface area contributed by atoms with Crippen LogP contribution in [0.15, 0.2) is 59.5 Å². The molecule has 1 aliphatic heterocycles. The predicted molar refractivity (Wildman–Crippen MR) is 112 cm³/mol. The van der Waals surface area contributed by atoms with Crippen LogP contribution in [0.25, 0.3) is 6.08 Å². The molecule has 0 bridgehead atoms. The number of amides is 1. The van der Waals surface area contributed by atoms with E-state index < -0.39 is 15.9 Å². The van der Waals surface area contributed by atoms with Gasteiger partial charge in [-0.3, -0.25) is 10.0 Å². The van der Waals surface area contributed by atoms with Crippen LogP contribution in [0.3, 0.4) is 0 Å². The quantitative estimate of drug-likeness (QED) is 0.445. The maximum Gasteiger partial charge on any atom is 0.267 e. The summed E-state index contributed by atoms with van der Waals surface area (Å²) in [6.45, 7) is 5.46. The molecule has 2 aromatic carbocycles. The van der Waals surface area contributed by atoms with Gasteiger partial charge in [-0.15, -0.1) is 0 Å². The minimum Gasteiger partial charge on any atom is -0.366 e. The Labute approximate surface area is 171 Å². The molecule has 0 aliphatic carbocycles. The van der Waals surface area contributed by atoms with Gasteiger partial charge in [-0.2, -0.15) is 4.31 Å². The summed E-state index contributed by atoms with van der Waals surface area (Å²) in [4.78, 5) is 13.5. The Morgan fingerprint density at radius 3 is 2.55 bits per heavy atom. The topological polar surface area (TPSA) is 90.0 Å². The summed E-state index contributed by atoms with van der Waals surface area (Å²) in [6, 6.07) is 14.7. The first-order chi connectivity index (χ1) is 13.8. The molecule has 3 rings (SSSR count). The highest BCUT2D eigenvalue weighted by atomic mass is 32.2. The fourth-order valence-corrected chi connectivity index (χ4v) is 4.97. The van der Waals surface area contributed by atoms with Gasteiger partial charge < -0.3 is 4.90 Å². The number of hydrogen-bond acceptors (Lipinski definition) is 5. The third-order valence-electron chi connectivity index (χ3n) is 4.99. The summed E-state index contributed by atoms with van der Waals surface area (Å²) < 4.78 is 27.8. The van der Waals surface area contributed by atoms with Gasteiger partial charge >= 0.3 is 0 Å². The van der Waals surface area contributed by atoms with Gasteiger partial charge in [0.15, 0.2) is 0 Å². The molecule has 1 aliphatic rings. The van der Waals surface area contributed by atoms with Crippen LogP contribution in [0, 0.1) is 6.92 Å². The number of anilines is 1. The molecule has 154 valence electrons. The first-order valence-corrected chi connectivity index (χ1v) is 10.8. The lowest BCUT2D eigenvalue weighted by atomic mass is 10.1. The molecule has 1 atom stereocenters. The van der Waals surface area contributed by atoms with E-state index in [1.165, 1.54) is 27.5 Å². The normalized spacial score (nSPS) is 18.2. The second kappa shape index (κ2) is 8.77. The third kappa shape index (κ3) is 4.84. The van der Waals surface area contributed by atoms with Gasteiger partial charge in [0, 0.05) is 37.4 Å². The van der Waals surface area contributed by atoms with Crippen molar-refractivity contribution in [3.63, 3.8) is 0 Å². The average molecular weight is 416 g/mol. The number of carbonyl (C=O) groups is 1. The molecule has 7 nitrogen and oxygen atoms in total. The lowest BCUT2D eigenvalue weighted by Crippen LogP contribution is -2.53. The summed E-state index contributed by atoms with van der Waals surface area (Å²) >= 11 is 0. The molecule has 1 unspecified atom stereocenters. The van der Waals surface area contributed by atoms with E-state index in [2.05, 4.69) is 29.2 Å². The molecule has 0 radical (unpaired) electrons. The van der Waals surface area contributed by atoms with E-state index in [1.807, 2.05) is 13.8 Å². The third-order valence-corrected chi connectivity index (χ3v) is 6.85. The zero-order valence-corrected chi connectivity index (χ0v) is 17.3. The number of nitrogens with zero attached hydrogens (tertiary/aromatic N) is 2. The Kier molecular flexibility index (Phi) is 6.36. The number of nitrogens with one attached hydrogen (secondary N) is 1. The van der Waals surface area contributed by atoms with Crippen molar-refractivity contribution in [1.29, 1.82) is 0 Å². The number of rotatable bonds is 5. The van der Waals surface area contributed by atoms with Crippen LogP contribution in [0.2, 0.25) is 0 Å². The largest absolute Gasteiger partial charge is 0.366 e. The van der Waals surface area contributed by atoms with Gasteiger partial charge in [0.2, 0.25) is 10.0 Å². The van der Waals surface area contributed by atoms with Crippen LogP contribution in [0.4, 0.5) is 5.69 Å². The van der Waals surface area contributed by atoms with Crippen molar-refractivity contribution in [2.75, 3.05) is 24.5 Å². The Morgan fingerprint density at radius 1 is 1.17 bits per heavy atom. The zero-order chi connectivity index (χ0) is 21.0. The lowest BCUT2D eigenvalue weighted by Gasteiger charge is -2.40. The molecule has 8 heteroatoms. The molecular weight excluding hydrogens is 390 g/mol. The first kappa shape index (κ1) is 21.0. The highest BCUT2D eigenvalue weighted by Crippen LogP contribution is 2.25. The highest BCUT2D eigenvalue weighted by molar-refractivity contribution is 7.89. The van der Waals surface area contributed by atoms with Crippen molar-refractivity contribution in [1.82, 2.24) is 9.79 Å². The maximum absolute atomic E-state index is 13.1. The van der Waals surface area contributed by atoms with E-state index in [9.17, 15) is 13.2 Å².